The van der Waals surface area contributed by atoms with Crippen LogP contribution in [-0.2, 0) is 11.2 Å². The number of carboxylic acids is 1. The number of hydrogen-bond acceptors (Lipinski definition) is 2. The highest BCUT2D eigenvalue weighted by molar-refractivity contribution is 5.88. The summed E-state index contributed by atoms with van der Waals surface area (Å²) in [6.45, 7) is 7.97. The number of H-pyrrole nitrogens is 1. The second-order valence-corrected chi connectivity index (χ2v) is 4.37. The van der Waals surface area contributed by atoms with Crippen molar-refractivity contribution in [2.75, 3.05) is 0 Å². The SMILES string of the molecule is CC.Cc1[nH]c2cccc(C)c2c1CC(N)C(=O)O. The first-order valence-corrected chi connectivity index (χ1v) is 6.56. The van der Waals surface area contributed by atoms with Crippen LogP contribution in [0.1, 0.15) is 30.7 Å². The van der Waals surface area contributed by atoms with Gasteiger partial charge >= 0.3 is 5.97 Å². The van der Waals surface area contributed by atoms with Crippen LogP contribution in [0.2, 0.25) is 0 Å². The van der Waals surface area contributed by atoms with Crippen LogP contribution in [0.3, 0.4) is 0 Å². The molecule has 2 rings (SSSR count). The molecule has 4 nitrogen and oxygen atoms in total. The molecule has 0 aliphatic heterocycles. The molecule has 104 valence electrons. The molecule has 2 aromatic rings. The van der Waals surface area contributed by atoms with Gasteiger partial charge in [-0.3, -0.25) is 4.79 Å². The maximum absolute atomic E-state index is 10.8. The minimum absolute atomic E-state index is 0.353. The van der Waals surface area contributed by atoms with Crippen LogP contribution in [-0.4, -0.2) is 22.1 Å². The van der Waals surface area contributed by atoms with Gasteiger partial charge in [0.2, 0.25) is 0 Å². The van der Waals surface area contributed by atoms with Crippen LogP contribution < -0.4 is 5.73 Å². The normalized spacial score (nSPS) is 11.8. The molecule has 4 heteroatoms. The van der Waals surface area contributed by atoms with Gasteiger partial charge in [0, 0.05) is 23.0 Å². The Labute approximate surface area is 113 Å². The largest absolute Gasteiger partial charge is 0.480 e. The minimum atomic E-state index is -0.965. The van der Waals surface area contributed by atoms with Gasteiger partial charge in [0.25, 0.3) is 0 Å². The van der Waals surface area contributed by atoms with Gasteiger partial charge in [-0.25, -0.2) is 0 Å². The molecule has 19 heavy (non-hydrogen) atoms. The van der Waals surface area contributed by atoms with Gasteiger partial charge in [-0.1, -0.05) is 26.0 Å². The van der Waals surface area contributed by atoms with E-state index in [0.717, 1.165) is 27.7 Å². The zero-order valence-electron chi connectivity index (χ0n) is 11.9. The zero-order chi connectivity index (χ0) is 14.6. The van der Waals surface area contributed by atoms with Crippen LogP contribution in [0.4, 0.5) is 0 Å². The maximum atomic E-state index is 10.8. The van der Waals surface area contributed by atoms with E-state index in [9.17, 15) is 4.79 Å². The topological polar surface area (TPSA) is 79.1 Å². The number of fused-ring (bicyclic) bond motifs is 1. The van der Waals surface area contributed by atoms with E-state index in [4.69, 9.17) is 10.8 Å². The van der Waals surface area contributed by atoms with Crippen molar-refractivity contribution in [1.82, 2.24) is 4.98 Å². The van der Waals surface area contributed by atoms with Crippen molar-refractivity contribution < 1.29 is 9.90 Å². The average Bonchev–Trinajstić information content (AvgIpc) is 2.69. The van der Waals surface area contributed by atoms with E-state index >= 15 is 0 Å². The van der Waals surface area contributed by atoms with Crippen molar-refractivity contribution >= 4 is 16.9 Å². The zero-order valence-corrected chi connectivity index (χ0v) is 11.9. The number of carbonyl (C=O) groups is 1. The average molecular weight is 262 g/mol. The first-order valence-electron chi connectivity index (χ1n) is 6.56. The lowest BCUT2D eigenvalue weighted by Gasteiger charge is -2.07. The Morgan fingerprint density at radius 2 is 2.00 bits per heavy atom. The molecule has 0 aliphatic carbocycles. The van der Waals surface area contributed by atoms with Crippen molar-refractivity contribution in [2.24, 2.45) is 5.73 Å². The lowest BCUT2D eigenvalue weighted by atomic mass is 10.0. The first-order chi connectivity index (χ1) is 9.00. The number of carboxylic acid groups (broad SMARTS) is 1. The number of aromatic amines is 1. The molecule has 0 saturated carbocycles. The Morgan fingerprint density at radius 3 is 2.58 bits per heavy atom. The summed E-state index contributed by atoms with van der Waals surface area (Å²) in [4.78, 5) is 14.1. The van der Waals surface area contributed by atoms with Crippen LogP contribution in [0.25, 0.3) is 10.9 Å². The molecule has 0 amide bonds. The third kappa shape index (κ3) is 3.15. The van der Waals surface area contributed by atoms with Gasteiger partial charge < -0.3 is 15.8 Å². The number of aliphatic carboxylic acids is 1. The highest BCUT2D eigenvalue weighted by Gasteiger charge is 2.17. The molecule has 0 fully saturated rings. The molecule has 1 aromatic carbocycles. The Bertz CT molecular complexity index is 573. The van der Waals surface area contributed by atoms with Crippen molar-refractivity contribution in [3.63, 3.8) is 0 Å². The molecule has 1 atom stereocenters. The molecule has 4 N–H and O–H groups in total. The molecule has 1 aromatic heterocycles. The highest BCUT2D eigenvalue weighted by atomic mass is 16.4. The molecule has 0 radical (unpaired) electrons. The number of hydrogen-bond donors (Lipinski definition) is 3. The molecular weight excluding hydrogens is 240 g/mol. The van der Waals surface area contributed by atoms with E-state index in [1.807, 2.05) is 45.9 Å². The second-order valence-electron chi connectivity index (χ2n) is 4.37. The van der Waals surface area contributed by atoms with Gasteiger partial charge in [-0.2, -0.15) is 0 Å². The minimum Gasteiger partial charge on any atom is -0.480 e. The Hall–Kier alpha value is -1.81. The van der Waals surface area contributed by atoms with E-state index in [-0.39, 0.29) is 0 Å². The summed E-state index contributed by atoms with van der Waals surface area (Å²) in [5, 5.41) is 9.98. The number of nitrogens with two attached hydrogens (primary N) is 1. The Balaban J connectivity index is 0.000000861. The van der Waals surface area contributed by atoms with Crippen molar-refractivity contribution in [2.45, 2.75) is 40.2 Å². The predicted molar refractivity (Wildman–Crippen MR) is 78.4 cm³/mol. The molecular formula is C15H22N2O2. The molecule has 1 unspecified atom stereocenters. The quantitative estimate of drug-likeness (QED) is 0.795. The fourth-order valence-electron chi connectivity index (χ4n) is 2.20. The van der Waals surface area contributed by atoms with E-state index in [1.54, 1.807) is 0 Å². The number of benzene rings is 1. The van der Waals surface area contributed by atoms with Crippen molar-refractivity contribution in [1.29, 1.82) is 0 Å². The number of nitrogens with one attached hydrogen (secondary N) is 1. The number of aromatic nitrogens is 1. The summed E-state index contributed by atoms with van der Waals surface area (Å²) in [5.74, 6) is -0.965. The third-order valence-corrected chi connectivity index (χ3v) is 3.09. The van der Waals surface area contributed by atoms with Gasteiger partial charge in [-0.15, -0.1) is 0 Å². The van der Waals surface area contributed by atoms with Crippen LogP contribution >= 0.6 is 0 Å². The summed E-state index contributed by atoms with van der Waals surface area (Å²) < 4.78 is 0. The van der Waals surface area contributed by atoms with E-state index in [2.05, 4.69) is 4.98 Å². The monoisotopic (exact) mass is 262 g/mol. The predicted octanol–water partition coefficient (Wildman–Crippen LogP) is 2.77. The molecule has 0 spiro atoms. The lowest BCUT2D eigenvalue weighted by Crippen LogP contribution is -2.32. The molecule has 0 aliphatic rings. The fourth-order valence-corrected chi connectivity index (χ4v) is 2.20. The number of aryl methyl sites for hydroxylation is 2. The van der Waals surface area contributed by atoms with Crippen LogP contribution in [0.15, 0.2) is 18.2 Å². The molecule has 0 saturated heterocycles. The summed E-state index contributed by atoms with van der Waals surface area (Å²) in [7, 11) is 0. The van der Waals surface area contributed by atoms with Gasteiger partial charge in [0.05, 0.1) is 0 Å². The maximum Gasteiger partial charge on any atom is 0.320 e. The number of rotatable bonds is 3. The van der Waals surface area contributed by atoms with Gasteiger partial charge in [-0.05, 0) is 31.0 Å². The third-order valence-electron chi connectivity index (χ3n) is 3.09. The van der Waals surface area contributed by atoms with Crippen molar-refractivity contribution in [3.05, 3.63) is 35.0 Å². The van der Waals surface area contributed by atoms with Crippen molar-refractivity contribution in [3.8, 4) is 0 Å². The summed E-state index contributed by atoms with van der Waals surface area (Å²) in [6.07, 6.45) is 0.353. The fraction of sp³-hybridized carbons (Fsp3) is 0.400. The standard InChI is InChI=1S/C13H16N2O2.C2H6/c1-7-4-3-5-11-12(7)9(8(2)15-11)6-10(14)13(16)17;1-2/h3-5,10,15H,6,14H2,1-2H3,(H,16,17);1-2H3. The summed E-state index contributed by atoms with van der Waals surface area (Å²) >= 11 is 0. The Kier molecular flexibility index (Phi) is 5.12. The summed E-state index contributed by atoms with van der Waals surface area (Å²) in [6, 6.07) is 5.14. The van der Waals surface area contributed by atoms with Gasteiger partial charge in [0.1, 0.15) is 6.04 Å². The first kappa shape index (κ1) is 15.2. The van der Waals surface area contributed by atoms with E-state index < -0.39 is 12.0 Å². The Morgan fingerprint density at radius 1 is 1.37 bits per heavy atom. The van der Waals surface area contributed by atoms with Gasteiger partial charge in [0.15, 0.2) is 0 Å². The smallest absolute Gasteiger partial charge is 0.320 e. The highest BCUT2D eigenvalue weighted by Crippen LogP contribution is 2.26. The van der Waals surface area contributed by atoms with Crippen LogP contribution in [0.5, 0.6) is 0 Å². The summed E-state index contributed by atoms with van der Waals surface area (Å²) in [5.41, 5.74) is 9.78. The second kappa shape index (κ2) is 6.38. The van der Waals surface area contributed by atoms with E-state index in [0.29, 0.717) is 6.42 Å². The van der Waals surface area contributed by atoms with E-state index in [1.165, 1.54) is 0 Å². The van der Waals surface area contributed by atoms with Crippen LogP contribution in [0, 0.1) is 13.8 Å². The molecule has 0 bridgehead atoms. The lowest BCUT2D eigenvalue weighted by molar-refractivity contribution is -0.138. The molecule has 1 heterocycles.